The number of hydrogen-bond acceptors (Lipinski definition) is 4. The van der Waals surface area contributed by atoms with E-state index in [0.717, 1.165) is 19.6 Å². The van der Waals surface area contributed by atoms with Crippen LogP contribution in [-0.4, -0.2) is 36.1 Å². The summed E-state index contributed by atoms with van der Waals surface area (Å²) in [7, 11) is 0. The van der Waals surface area contributed by atoms with Gasteiger partial charge in [0.1, 0.15) is 6.61 Å². The van der Waals surface area contributed by atoms with Gasteiger partial charge in [-0.25, -0.2) is 0 Å². The first-order valence-electron chi connectivity index (χ1n) is 6.36. The Bertz CT molecular complexity index is 403. The van der Waals surface area contributed by atoms with E-state index >= 15 is 0 Å². The number of nitro benzene ring substituents is 1. The number of likely N-dealkylation sites (tertiary alicyclic amines) is 1. The molecule has 18 heavy (non-hydrogen) atoms. The van der Waals surface area contributed by atoms with Crippen LogP contribution in [0.2, 0.25) is 0 Å². The molecule has 1 fully saturated rings. The van der Waals surface area contributed by atoms with Crippen molar-refractivity contribution in [3.63, 3.8) is 0 Å². The number of rotatable bonds is 5. The molecule has 1 aliphatic heterocycles. The lowest BCUT2D eigenvalue weighted by Gasteiger charge is -2.26. The average Bonchev–Trinajstić information content (AvgIpc) is 2.40. The van der Waals surface area contributed by atoms with Crippen molar-refractivity contribution >= 4 is 5.69 Å². The number of benzene rings is 1. The minimum atomic E-state index is -0.407. The third-order valence-corrected chi connectivity index (χ3v) is 3.18. The molecule has 1 aliphatic rings. The van der Waals surface area contributed by atoms with Crippen LogP contribution in [0.4, 0.5) is 5.69 Å². The predicted molar refractivity (Wildman–Crippen MR) is 68.9 cm³/mol. The lowest BCUT2D eigenvalue weighted by Crippen LogP contribution is -2.33. The van der Waals surface area contributed by atoms with Crippen molar-refractivity contribution in [3.8, 4) is 5.75 Å². The Morgan fingerprint density at radius 1 is 1.22 bits per heavy atom. The van der Waals surface area contributed by atoms with Gasteiger partial charge in [0.05, 0.1) is 4.92 Å². The van der Waals surface area contributed by atoms with Crippen LogP contribution in [0.25, 0.3) is 0 Å². The van der Waals surface area contributed by atoms with E-state index < -0.39 is 4.92 Å². The van der Waals surface area contributed by atoms with Crippen molar-refractivity contribution in [2.75, 3.05) is 26.2 Å². The molecule has 0 aliphatic carbocycles. The molecule has 1 aromatic carbocycles. The summed E-state index contributed by atoms with van der Waals surface area (Å²) in [5.41, 5.74) is 0.0381. The summed E-state index contributed by atoms with van der Waals surface area (Å²) in [4.78, 5) is 12.7. The molecule has 1 aromatic rings. The van der Waals surface area contributed by atoms with Gasteiger partial charge in [0.15, 0.2) is 5.75 Å². The van der Waals surface area contributed by atoms with Gasteiger partial charge < -0.3 is 4.74 Å². The molecule has 0 radical (unpaired) electrons. The average molecular weight is 250 g/mol. The second kappa shape index (κ2) is 6.35. The number of piperidine rings is 1. The molecule has 5 nitrogen and oxygen atoms in total. The molecule has 0 bridgehead atoms. The lowest BCUT2D eigenvalue weighted by molar-refractivity contribution is -0.385. The number of hydrogen-bond donors (Lipinski definition) is 0. The quantitative estimate of drug-likeness (QED) is 0.595. The monoisotopic (exact) mass is 250 g/mol. The highest BCUT2D eigenvalue weighted by Gasteiger charge is 2.14. The van der Waals surface area contributed by atoms with Gasteiger partial charge in [0.2, 0.25) is 0 Å². The van der Waals surface area contributed by atoms with E-state index in [1.807, 2.05) is 0 Å². The van der Waals surface area contributed by atoms with Crippen molar-refractivity contribution < 1.29 is 9.66 Å². The number of nitrogens with zero attached hydrogens (tertiary/aromatic N) is 2. The van der Waals surface area contributed by atoms with Crippen LogP contribution in [0.15, 0.2) is 24.3 Å². The summed E-state index contributed by atoms with van der Waals surface area (Å²) in [6, 6.07) is 6.52. The summed E-state index contributed by atoms with van der Waals surface area (Å²) in [5.74, 6) is 0.361. The molecule has 1 heterocycles. The summed E-state index contributed by atoms with van der Waals surface area (Å²) < 4.78 is 5.52. The molecule has 2 rings (SSSR count). The van der Waals surface area contributed by atoms with Crippen molar-refractivity contribution in [3.05, 3.63) is 34.4 Å². The smallest absolute Gasteiger partial charge is 0.310 e. The van der Waals surface area contributed by atoms with E-state index in [1.54, 1.807) is 18.2 Å². The van der Waals surface area contributed by atoms with E-state index in [1.165, 1.54) is 25.3 Å². The molecule has 0 atom stereocenters. The van der Waals surface area contributed by atoms with Gasteiger partial charge in [-0.15, -0.1) is 0 Å². The zero-order valence-electron chi connectivity index (χ0n) is 10.4. The Balaban J connectivity index is 1.84. The molecule has 0 unspecified atom stereocenters. The fourth-order valence-electron chi connectivity index (χ4n) is 2.20. The highest BCUT2D eigenvalue weighted by molar-refractivity contribution is 5.45. The Morgan fingerprint density at radius 2 is 1.94 bits per heavy atom. The second-order valence-electron chi connectivity index (χ2n) is 4.48. The van der Waals surface area contributed by atoms with Crippen molar-refractivity contribution in [2.24, 2.45) is 0 Å². The maximum Gasteiger partial charge on any atom is 0.310 e. The Morgan fingerprint density at radius 3 is 2.67 bits per heavy atom. The maximum atomic E-state index is 10.8. The van der Waals surface area contributed by atoms with Gasteiger partial charge >= 0.3 is 5.69 Å². The SMILES string of the molecule is O=[N+]([O-])c1ccccc1OCCN1CCCCC1. The van der Waals surface area contributed by atoms with Crippen LogP contribution >= 0.6 is 0 Å². The molecule has 0 saturated carbocycles. The molecule has 1 saturated heterocycles. The van der Waals surface area contributed by atoms with Gasteiger partial charge in [-0.05, 0) is 32.0 Å². The predicted octanol–water partition coefficient (Wildman–Crippen LogP) is 2.46. The van der Waals surface area contributed by atoms with E-state index in [9.17, 15) is 10.1 Å². The Labute approximate surface area is 107 Å². The Hall–Kier alpha value is -1.62. The summed E-state index contributed by atoms with van der Waals surface area (Å²) in [6.07, 6.45) is 3.79. The molecule has 0 amide bonds. The van der Waals surface area contributed by atoms with Crippen molar-refractivity contribution in [2.45, 2.75) is 19.3 Å². The fourth-order valence-corrected chi connectivity index (χ4v) is 2.20. The topological polar surface area (TPSA) is 55.6 Å². The highest BCUT2D eigenvalue weighted by atomic mass is 16.6. The third kappa shape index (κ3) is 3.43. The van der Waals surface area contributed by atoms with E-state index in [0.29, 0.717) is 12.4 Å². The van der Waals surface area contributed by atoms with Crippen LogP contribution in [0.3, 0.4) is 0 Å². The van der Waals surface area contributed by atoms with Crippen LogP contribution in [0.1, 0.15) is 19.3 Å². The molecule has 5 heteroatoms. The normalized spacial score (nSPS) is 16.4. The fraction of sp³-hybridized carbons (Fsp3) is 0.538. The highest BCUT2D eigenvalue weighted by Crippen LogP contribution is 2.25. The first kappa shape index (κ1) is 12.8. The molecule has 98 valence electrons. The van der Waals surface area contributed by atoms with Gasteiger partial charge in [-0.3, -0.25) is 15.0 Å². The van der Waals surface area contributed by atoms with Gasteiger partial charge in [-0.1, -0.05) is 18.6 Å². The standard InChI is InChI=1S/C13H18N2O3/c16-15(17)12-6-2-3-7-13(12)18-11-10-14-8-4-1-5-9-14/h2-3,6-7H,1,4-5,8-11H2. The molecular weight excluding hydrogens is 232 g/mol. The molecular formula is C13H18N2O3. The second-order valence-corrected chi connectivity index (χ2v) is 4.48. The molecule has 0 aromatic heterocycles. The van der Waals surface area contributed by atoms with E-state index in [2.05, 4.69) is 4.90 Å². The summed E-state index contributed by atoms with van der Waals surface area (Å²) in [5, 5.41) is 10.8. The number of para-hydroxylation sites is 2. The maximum absolute atomic E-state index is 10.8. The van der Waals surface area contributed by atoms with Crippen molar-refractivity contribution in [1.82, 2.24) is 4.90 Å². The lowest BCUT2D eigenvalue weighted by atomic mass is 10.1. The number of ether oxygens (including phenoxy) is 1. The largest absolute Gasteiger partial charge is 0.485 e. The van der Waals surface area contributed by atoms with Crippen LogP contribution in [0.5, 0.6) is 5.75 Å². The summed E-state index contributed by atoms with van der Waals surface area (Å²) >= 11 is 0. The minimum Gasteiger partial charge on any atom is -0.485 e. The zero-order valence-corrected chi connectivity index (χ0v) is 10.4. The Kier molecular flexibility index (Phi) is 4.52. The van der Waals surface area contributed by atoms with Gasteiger partial charge in [-0.2, -0.15) is 0 Å². The van der Waals surface area contributed by atoms with E-state index in [-0.39, 0.29) is 5.69 Å². The summed E-state index contributed by atoms with van der Waals surface area (Å²) in [6.45, 7) is 3.57. The molecule has 0 spiro atoms. The van der Waals surface area contributed by atoms with Crippen LogP contribution in [0, 0.1) is 10.1 Å². The van der Waals surface area contributed by atoms with Crippen LogP contribution < -0.4 is 4.74 Å². The zero-order chi connectivity index (χ0) is 12.8. The molecule has 0 N–H and O–H groups in total. The van der Waals surface area contributed by atoms with Crippen LogP contribution in [-0.2, 0) is 0 Å². The third-order valence-electron chi connectivity index (χ3n) is 3.18. The first-order chi connectivity index (χ1) is 8.77. The minimum absolute atomic E-state index is 0.0381. The van der Waals surface area contributed by atoms with Crippen molar-refractivity contribution in [1.29, 1.82) is 0 Å². The van der Waals surface area contributed by atoms with Gasteiger partial charge in [0, 0.05) is 12.6 Å². The number of nitro groups is 1. The van der Waals surface area contributed by atoms with E-state index in [4.69, 9.17) is 4.74 Å². The first-order valence-corrected chi connectivity index (χ1v) is 6.36. The van der Waals surface area contributed by atoms with Gasteiger partial charge in [0.25, 0.3) is 0 Å².